The smallest absolute Gasteiger partial charge is 0.274 e. The topological polar surface area (TPSA) is 76.5 Å². The van der Waals surface area contributed by atoms with E-state index < -0.39 is 11.6 Å². The van der Waals surface area contributed by atoms with Gasteiger partial charge in [-0.25, -0.2) is 4.39 Å². The largest absolute Gasteiger partial charge is 0.378 e. The predicted molar refractivity (Wildman–Crippen MR) is 131 cm³/mol. The van der Waals surface area contributed by atoms with Gasteiger partial charge in [0.15, 0.2) is 0 Å². The van der Waals surface area contributed by atoms with Crippen LogP contribution in [0.1, 0.15) is 35.5 Å². The summed E-state index contributed by atoms with van der Waals surface area (Å²) in [5.74, 6) is -0.421. The third-order valence-electron chi connectivity index (χ3n) is 6.00. The van der Waals surface area contributed by atoms with E-state index in [0.717, 1.165) is 16.7 Å². The highest BCUT2D eigenvalue weighted by Crippen LogP contribution is 2.29. The Kier molecular flexibility index (Phi) is 6.52. The molecule has 1 fully saturated rings. The number of nitrogens with zero attached hydrogens (tertiary/aromatic N) is 3. The molecule has 1 aliphatic rings. The summed E-state index contributed by atoms with van der Waals surface area (Å²) in [4.78, 5) is 31.8. The Bertz CT molecular complexity index is 1270. The number of morpholine rings is 1. The van der Waals surface area contributed by atoms with E-state index in [2.05, 4.69) is 10.3 Å². The van der Waals surface area contributed by atoms with Crippen LogP contribution in [0.3, 0.4) is 0 Å². The lowest BCUT2D eigenvalue weighted by Crippen LogP contribution is -2.40. The van der Waals surface area contributed by atoms with Gasteiger partial charge in [0.05, 0.1) is 13.2 Å². The second-order valence-electron chi connectivity index (χ2n) is 9.02. The number of benzene rings is 1. The maximum absolute atomic E-state index is 14.3. The number of pyridine rings is 2. The molecule has 1 amide bonds. The van der Waals surface area contributed by atoms with Gasteiger partial charge in [0.1, 0.15) is 17.1 Å². The lowest BCUT2D eigenvalue weighted by molar-refractivity contribution is 0.102. The molecule has 0 aliphatic carbocycles. The van der Waals surface area contributed by atoms with E-state index in [1.54, 1.807) is 23.9 Å². The summed E-state index contributed by atoms with van der Waals surface area (Å²) in [5.41, 5.74) is 2.88. The van der Waals surface area contributed by atoms with E-state index in [4.69, 9.17) is 4.74 Å². The number of halogens is 1. The molecular weight excluding hydrogens is 435 g/mol. The molecule has 3 aromatic rings. The van der Waals surface area contributed by atoms with Crippen molar-refractivity contribution in [2.75, 3.05) is 36.5 Å². The van der Waals surface area contributed by atoms with Crippen LogP contribution in [0.15, 0.2) is 53.6 Å². The summed E-state index contributed by atoms with van der Waals surface area (Å²) in [5, 5.41) is 2.86. The zero-order valence-corrected chi connectivity index (χ0v) is 19.9. The van der Waals surface area contributed by atoms with Gasteiger partial charge >= 0.3 is 0 Å². The Morgan fingerprint density at radius 2 is 1.88 bits per heavy atom. The number of alkyl halides is 1. The number of amides is 1. The second kappa shape index (κ2) is 9.38. The summed E-state index contributed by atoms with van der Waals surface area (Å²) in [7, 11) is 1.74. The third kappa shape index (κ3) is 5.02. The Morgan fingerprint density at radius 1 is 1.15 bits per heavy atom. The molecule has 178 valence electrons. The van der Waals surface area contributed by atoms with Crippen LogP contribution in [0.5, 0.6) is 0 Å². The first-order chi connectivity index (χ1) is 16.1. The van der Waals surface area contributed by atoms with Crippen LogP contribution in [0, 0.1) is 6.92 Å². The Balaban J connectivity index is 1.65. The van der Waals surface area contributed by atoms with E-state index in [9.17, 15) is 14.0 Å². The molecule has 8 heteroatoms. The first kappa shape index (κ1) is 23.6. The van der Waals surface area contributed by atoms with Crippen LogP contribution in [-0.2, 0) is 17.5 Å². The van der Waals surface area contributed by atoms with Crippen LogP contribution >= 0.6 is 0 Å². The van der Waals surface area contributed by atoms with Gasteiger partial charge in [0.2, 0.25) is 0 Å². The molecule has 2 aromatic heterocycles. The molecule has 1 aromatic carbocycles. The van der Waals surface area contributed by atoms with Crippen molar-refractivity contribution < 1.29 is 13.9 Å². The number of nitrogens with one attached hydrogen (secondary N) is 1. The molecule has 3 heterocycles. The zero-order chi connectivity index (χ0) is 24.5. The number of anilines is 2. The van der Waals surface area contributed by atoms with Crippen molar-refractivity contribution in [2.24, 2.45) is 7.05 Å². The van der Waals surface area contributed by atoms with Gasteiger partial charge in [-0.05, 0) is 67.8 Å². The van der Waals surface area contributed by atoms with E-state index in [0.29, 0.717) is 43.2 Å². The predicted octanol–water partition coefficient (Wildman–Crippen LogP) is 4.05. The second-order valence-corrected chi connectivity index (χ2v) is 9.02. The van der Waals surface area contributed by atoms with Gasteiger partial charge in [0.25, 0.3) is 11.5 Å². The Morgan fingerprint density at radius 3 is 2.59 bits per heavy atom. The molecule has 1 aliphatic heterocycles. The van der Waals surface area contributed by atoms with Gasteiger partial charge in [-0.3, -0.25) is 14.6 Å². The highest BCUT2D eigenvalue weighted by atomic mass is 19.1. The number of hydrogen-bond acceptors (Lipinski definition) is 5. The molecule has 34 heavy (non-hydrogen) atoms. The summed E-state index contributed by atoms with van der Waals surface area (Å²) >= 11 is 0. The molecule has 1 saturated heterocycles. The molecular formula is C26H29FN4O3. The average Bonchev–Trinajstić information content (AvgIpc) is 2.82. The fraction of sp³-hybridized carbons (Fsp3) is 0.346. The van der Waals surface area contributed by atoms with Crippen molar-refractivity contribution in [3.8, 4) is 11.1 Å². The highest BCUT2D eigenvalue weighted by molar-refractivity contribution is 6.03. The molecule has 0 spiro atoms. The van der Waals surface area contributed by atoms with Crippen molar-refractivity contribution in [1.82, 2.24) is 9.55 Å². The van der Waals surface area contributed by atoms with E-state index in [1.165, 1.54) is 26.1 Å². The molecule has 4 rings (SSSR count). The maximum atomic E-state index is 14.3. The summed E-state index contributed by atoms with van der Waals surface area (Å²) in [6, 6.07) is 10.5. The van der Waals surface area contributed by atoms with Crippen LogP contribution in [0.4, 0.5) is 15.8 Å². The molecule has 1 N–H and O–H groups in total. The summed E-state index contributed by atoms with van der Waals surface area (Å²) in [6.07, 6.45) is 3.23. The van der Waals surface area contributed by atoms with Crippen LogP contribution < -0.4 is 15.8 Å². The van der Waals surface area contributed by atoms with Gasteiger partial charge < -0.3 is 19.5 Å². The maximum Gasteiger partial charge on any atom is 0.274 e. The monoisotopic (exact) mass is 464 g/mol. The van der Waals surface area contributed by atoms with Crippen molar-refractivity contribution in [3.05, 3.63) is 76.0 Å². The number of ether oxygens (including phenoxy) is 1. The van der Waals surface area contributed by atoms with Gasteiger partial charge in [-0.15, -0.1) is 0 Å². The van der Waals surface area contributed by atoms with Crippen LogP contribution in [0.2, 0.25) is 0 Å². The fourth-order valence-electron chi connectivity index (χ4n) is 4.00. The van der Waals surface area contributed by atoms with E-state index >= 15 is 0 Å². The third-order valence-corrected chi connectivity index (χ3v) is 6.00. The molecule has 0 unspecified atom stereocenters. The van der Waals surface area contributed by atoms with Crippen LogP contribution in [-0.4, -0.2) is 41.8 Å². The van der Waals surface area contributed by atoms with Gasteiger partial charge in [-0.2, -0.15) is 0 Å². The number of carbonyl (C=O) groups excluding carboxylic acids is 1. The van der Waals surface area contributed by atoms with Crippen molar-refractivity contribution in [1.29, 1.82) is 0 Å². The zero-order valence-electron chi connectivity index (χ0n) is 19.9. The summed E-state index contributed by atoms with van der Waals surface area (Å²) < 4.78 is 21.3. The van der Waals surface area contributed by atoms with E-state index in [-0.39, 0.29) is 11.3 Å². The minimum absolute atomic E-state index is 0.0606. The SMILES string of the molecule is Cc1ccc(NC(=O)c2cc(C(C)(C)F)ccn2)cc1-c1cc(N2CCOCC2)c(=O)n(C)c1. The Labute approximate surface area is 198 Å². The lowest BCUT2D eigenvalue weighted by Gasteiger charge is -2.29. The van der Waals surface area contributed by atoms with Crippen LogP contribution in [0.25, 0.3) is 11.1 Å². The van der Waals surface area contributed by atoms with Crippen molar-refractivity contribution >= 4 is 17.3 Å². The summed E-state index contributed by atoms with van der Waals surface area (Å²) in [6.45, 7) is 7.36. The minimum Gasteiger partial charge on any atom is -0.378 e. The first-order valence-electron chi connectivity index (χ1n) is 11.2. The standard InChI is InChI=1S/C26H29FN4O3/c1-17-5-6-20(29-24(32)22-14-19(7-8-28-22)26(2,3)27)15-21(17)18-13-23(25(33)30(4)16-18)31-9-11-34-12-10-31/h5-8,13-16H,9-12H2,1-4H3,(H,29,32). The molecule has 7 nitrogen and oxygen atoms in total. The molecule has 0 radical (unpaired) electrons. The Hall–Kier alpha value is -3.52. The number of hydrogen-bond donors (Lipinski definition) is 1. The minimum atomic E-state index is -1.57. The number of rotatable bonds is 5. The molecule has 0 bridgehead atoms. The fourth-order valence-corrected chi connectivity index (χ4v) is 4.00. The molecule has 0 saturated carbocycles. The van der Waals surface area contributed by atoms with Crippen molar-refractivity contribution in [3.63, 3.8) is 0 Å². The van der Waals surface area contributed by atoms with Gasteiger partial charge in [0, 0.05) is 43.8 Å². The highest BCUT2D eigenvalue weighted by Gasteiger charge is 2.21. The molecule has 0 atom stereocenters. The van der Waals surface area contributed by atoms with Gasteiger partial charge in [-0.1, -0.05) is 6.07 Å². The lowest BCUT2D eigenvalue weighted by atomic mass is 10.00. The van der Waals surface area contributed by atoms with E-state index in [1.807, 2.05) is 36.1 Å². The average molecular weight is 465 g/mol. The number of aryl methyl sites for hydroxylation is 2. The number of aromatic nitrogens is 2. The quantitative estimate of drug-likeness (QED) is 0.617. The number of carbonyl (C=O) groups is 1. The normalized spacial score (nSPS) is 14.2. The first-order valence-corrected chi connectivity index (χ1v) is 11.2. The van der Waals surface area contributed by atoms with Crippen molar-refractivity contribution in [2.45, 2.75) is 26.4 Å².